The van der Waals surface area contributed by atoms with Crippen LogP contribution in [0.25, 0.3) is 0 Å². The van der Waals surface area contributed by atoms with Crippen LogP contribution in [0, 0.1) is 0 Å². The van der Waals surface area contributed by atoms with Crippen LogP contribution in [0.5, 0.6) is 11.5 Å². The number of ketones is 1. The Kier molecular flexibility index (Phi) is 6.83. The lowest BCUT2D eigenvalue weighted by atomic mass is 10.1. The van der Waals surface area contributed by atoms with Crippen molar-refractivity contribution < 1.29 is 19.0 Å². The van der Waals surface area contributed by atoms with E-state index in [1.54, 1.807) is 26.4 Å². The Labute approximate surface area is 121 Å². The van der Waals surface area contributed by atoms with Crippen LogP contribution in [0.15, 0.2) is 16.6 Å². The number of nitrogens with one attached hydrogen (secondary N) is 1. The van der Waals surface area contributed by atoms with Crippen LogP contribution in [0.1, 0.15) is 10.4 Å². The molecule has 1 N–H and O–H groups in total. The zero-order valence-corrected chi connectivity index (χ0v) is 12.9. The van der Waals surface area contributed by atoms with Gasteiger partial charge < -0.3 is 19.5 Å². The molecule has 5 nitrogen and oxygen atoms in total. The number of carbonyl (C=O) groups is 1. The number of hydrogen-bond donors (Lipinski definition) is 1. The van der Waals surface area contributed by atoms with Gasteiger partial charge in [0, 0.05) is 13.7 Å². The fourth-order valence-corrected chi connectivity index (χ4v) is 2.26. The predicted molar refractivity (Wildman–Crippen MR) is 76.3 cm³/mol. The molecule has 0 heterocycles. The Morgan fingerprint density at radius 2 is 2.00 bits per heavy atom. The molecule has 0 fully saturated rings. The first-order valence-electron chi connectivity index (χ1n) is 5.79. The van der Waals surface area contributed by atoms with Gasteiger partial charge in [-0.3, -0.25) is 4.79 Å². The second-order valence-corrected chi connectivity index (χ2v) is 4.55. The van der Waals surface area contributed by atoms with Crippen LogP contribution in [0.4, 0.5) is 0 Å². The minimum Gasteiger partial charge on any atom is -0.495 e. The third-order valence-corrected chi connectivity index (χ3v) is 3.31. The van der Waals surface area contributed by atoms with Crippen molar-refractivity contribution in [3.05, 3.63) is 22.2 Å². The molecule has 0 aromatic heterocycles. The van der Waals surface area contributed by atoms with Crippen molar-refractivity contribution >= 4 is 21.7 Å². The first-order chi connectivity index (χ1) is 9.15. The molecule has 0 atom stereocenters. The lowest BCUT2D eigenvalue weighted by Crippen LogP contribution is -2.26. The standard InChI is InChI=1S/C13H18BrNO4/c1-17-7-6-15-8-10(16)9-4-5-11(18-2)12(14)13(9)19-3/h4-5,15H,6-8H2,1-3H3. The van der Waals surface area contributed by atoms with Gasteiger partial charge in [0.15, 0.2) is 5.78 Å². The molecule has 0 unspecified atom stereocenters. The Balaban J connectivity index is 2.82. The Morgan fingerprint density at radius 3 is 2.58 bits per heavy atom. The van der Waals surface area contributed by atoms with Crippen LogP contribution in [0.3, 0.4) is 0 Å². The number of rotatable bonds is 8. The first-order valence-corrected chi connectivity index (χ1v) is 6.58. The second-order valence-electron chi connectivity index (χ2n) is 3.76. The Bertz CT molecular complexity index is 437. The maximum absolute atomic E-state index is 12.1. The van der Waals surface area contributed by atoms with Gasteiger partial charge in [0.05, 0.1) is 32.9 Å². The van der Waals surface area contributed by atoms with Crippen molar-refractivity contribution in [1.82, 2.24) is 5.32 Å². The molecule has 0 aliphatic carbocycles. The van der Waals surface area contributed by atoms with Crippen molar-refractivity contribution in [3.8, 4) is 11.5 Å². The highest BCUT2D eigenvalue weighted by Gasteiger charge is 2.17. The molecule has 1 aromatic carbocycles. The summed E-state index contributed by atoms with van der Waals surface area (Å²) in [4.78, 5) is 12.1. The van der Waals surface area contributed by atoms with Gasteiger partial charge in [0.2, 0.25) is 0 Å². The van der Waals surface area contributed by atoms with Crippen molar-refractivity contribution in [2.75, 3.05) is 41.0 Å². The number of hydrogen-bond acceptors (Lipinski definition) is 5. The van der Waals surface area contributed by atoms with Crippen molar-refractivity contribution in [3.63, 3.8) is 0 Å². The van der Waals surface area contributed by atoms with Crippen molar-refractivity contribution in [2.45, 2.75) is 0 Å². The van der Waals surface area contributed by atoms with E-state index in [2.05, 4.69) is 21.2 Å². The summed E-state index contributed by atoms with van der Waals surface area (Å²) in [5, 5.41) is 3.01. The average molecular weight is 332 g/mol. The molecule has 0 bridgehead atoms. The molecule has 0 aliphatic rings. The zero-order valence-electron chi connectivity index (χ0n) is 11.3. The highest BCUT2D eigenvalue weighted by molar-refractivity contribution is 9.10. The molecule has 6 heteroatoms. The van der Waals surface area contributed by atoms with Gasteiger partial charge in [-0.25, -0.2) is 0 Å². The van der Waals surface area contributed by atoms with Gasteiger partial charge >= 0.3 is 0 Å². The second kappa shape index (κ2) is 8.14. The predicted octanol–water partition coefficient (Wildman–Crippen LogP) is 1.88. The third kappa shape index (κ3) is 4.19. The summed E-state index contributed by atoms with van der Waals surface area (Å²) in [5.74, 6) is 1.06. The van der Waals surface area contributed by atoms with Gasteiger partial charge in [-0.15, -0.1) is 0 Å². The summed E-state index contributed by atoms with van der Waals surface area (Å²) in [6.45, 7) is 1.43. The minimum absolute atomic E-state index is 0.0451. The largest absolute Gasteiger partial charge is 0.495 e. The Hall–Kier alpha value is -1.11. The van der Waals surface area contributed by atoms with Gasteiger partial charge in [-0.2, -0.15) is 0 Å². The smallest absolute Gasteiger partial charge is 0.180 e. The summed E-state index contributed by atoms with van der Waals surface area (Å²) >= 11 is 3.37. The molecule has 0 radical (unpaired) electrons. The maximum Gasteiger partial charge on any atom is 0.180 e. The lowest BCUT2D eigenvalue weighted by molar-refractivity contribution is 0.0984. The van der Waals surface area contributed by atoms with E-state index in [1.807, 2.05) is 0 Å². The summed E-state index contributed by atoms with van der Waals surface area (Å²) in [5.41, 5.74) is 0.514. The maximum atomic E-state index is 12.1. The number of benzene rings is 1. The highest BCUT2D eigenvalue weighted by Crippen LogP contribution is 2.37. The average Bonchev–Trinajstić information content (AvgIpc) is 2.43. The van der Waals surface area contributed by atoms with Crippen LogP contribution in [0.2, 0.25) is 0 Å². The van der Waals surface area contributed by atoms with Crippen molar-refractivity contribution in [2.24, 2.45) is 0 Å². The molecule has 0 aliphatic heterocycles. The number of carbonyl (C=O) groups excluding carboxylic acids is 1. The van der Waals surface area contributed by atoms with Gasteiger partial charge in [0.1, 0.15) is 16.0 Å². The van der Waals surface area contributed by atoms with Crippen LogP contribution >= 0.6 is 15.9 Å². The number of methoxy groups -OCH3 is 3. The van der Waals surface area contributed by atoms with E-state index in [0.717, 1.165) is 0 Å². The highest BCUT2D eigenvalue weighted by atomic mass is 79.9. The van der Waals surface area contributed by atoms with E-state index >= 15 is 0 Å². The molecular formula is C13H18BrNO4. The van der Waals surface area contributed by atoms with Gasteiger partial charge in [-0.05, 0) is 28.1 Å². The molecule has 19 heavy (non-hydrogen) atoms. The lowest BCUT2D eigenvalue weighted by Gasteiger charge is -2.13. The van der Waals surface area contributed by atoms with E-state index in [4.69, 9.17) is 14.2 Å². The van der Waals surface area contributed by atoms with Crippen molar-refractivity contribution in [1.29, 1.82) is 0 Å². The third-order valence-electron chi connectivity index (χ3n) is 2.55. The number of halogens is 1. The quantitative estimate of drug-likeness (QED) is 0.582. The summed E-state index contributed by atoms with van der Waals surface area (Å²) < 4.78 is 16.0. The fourth-order valence-electron chi connectivity index (χ4n) is 1.59. The zero-order chi connectivity index (χ0) is 14.3. The summed E-state index contributed by atoms with van der Waals surface area (Å²) in [6, 6.07) is 3.43. The minimum atomic E-state index is -0.0451. The van der Waals surface area contributed by atoms with Crippen LogP contribution in [-0.2, 0) is 4.74 Å². The molecule has 0 saturated heterocycles. The van der Waals surface area contributed by atoms with E-state index in [1.165, 1.54) is 7.11 Å². The van der Waals surface area contributed by atoms with E-state index in [9.17, 15) is 4.79 Å². The molecule has 1 rings (SSSR count). The topological polar surface area (TPSA) is 56.8 Å². The summed E-state index contributed by atoms with van der Waals surface area (Å²) in [7, 11) is 4.70. The summed E-state index contributed by atoms with van der Waals surface area (Å²) in [6.07, 6.45) is 0. The van der Waals surface area contributed by atoms with E-state index in [-0.39, 0.29) is 12.3 Å². The molecular weight excluding hydrogens is 314 g/mol. The van der Waals surface area contributed by atoms with E-state index in [0.29, 0.717) is 34.7 Å². The molecule has 0 spiro atoms. The molecule has 0 saturated carbocycles. The number of Topliss-reactive ketones (excluding diaryl/α,β-unsaturated/α-hetero) is 1. The monoisotopic (exact) mass is 331 g/mol. The Morgan fingerprint density at radius 1 is 1.26 bits per heavy atom. The van der Waals surface area contributed by atoms with Gasteiger partial charge in [-0.1, -0.05) is 0 Å². The van der Waals surface area contributed by atoms with Gasteiger partial charge in [0.25, 0.3) is 0 Å². The normalized spacial score (nSPS) is 10.3. The van der Waals surface area contributed by atoms with Crippen LogP contribution < -0.4 is 14.8 Å². The van der Waals surface area contributed by atoms with E-state index < -0.39 is 0 Å². The molecule has 0 amide bonds. The van der Waals surface area contributed by atoms with Crippen LogP contribution in [-0.4, -0.2) is 46.8 Å². The SMILES string of the molecule is COCCNCC(=O)c1ccc(OC)c(Br)c1OC. The molecule has 1 aromatic rings. The number of ether oxygens (including phenoxy) is 3. The fraction of sp³-hybridized carbons (Fsp3) is 0.462. The first kappa shape index (κ1) is 15.9. The molecule has 106 valence electrons.